The van der Waals surface area contributed by atoms with E-state index in [1.807, 2.05) is 24.3 Å². The molecule has 1 aromatic carbocycles. The standard InChI is InChI=1S/C16H17N3O3/c1-11(20)18-8-5-9-19(18)16(21)14-10-15(22-2)12-6-3-4-7-13(12)17-14/h3-4,6-7,10H,5,8-9H2,1-2H3. The van der Waals surface area contributed by atoms with Crippen LogP contribution < -0.4 is 4.74 Å². The Morgan fingerprint density at radius 2 is 1.91 bits per heavy atom. The lowest BCUT2D eigenvalue weighted by Gasteiger charge is -2.26. The van der Waals surface area contributed by atoms with E-state index in [2.05, 4.69) is 4.98 Å². The summed E-state index contributed by atoms with van der Waals surface area (Å²) < 4.78 is 5.36. The molecular weight excluding hydrogens is 282 g/mol. The van der Waals surface area contributed by atoms with Crippen LogP contribution >= 0.6 is 0 Å². The number of amides is 2. The number of rotatable bonds is 2. The number of ether oxygens (including phenoxy) is 1. The Hall–Kier alpha value is -2.63. The lowest BCUT2D eigenvalue weighted by molar-refractivity contribution is -0.138. The summed E-state index contributed by atoms with van der Waals surface area (Å²) in [7, 11) is 1.56. The summed E-state index contributed by atoms with van der Waals surface area (Å²) in [4.78, 5) is 28.7. The smallest absolute Gasteiger partial charge is 0.291 e. The van der Waals surface area contributed by atoms with Crippen molar-refractivity contribution in [3.63, 3.8) is 0 Å². The fraction of sp³-hybridized carbons (Fsp3) is 0.312. The van der Waals surface area contributed by atoms with Crippen molar-refractivity contribution in [2.24, 2.45) is 0 Å². The van der Waals surface area contributed by atoms with Crippen LogP contribution in [-0.4, -0.2) is 47.0 Å². The Balaban J connectivity index is 2.02. The zero-order valence-corrected chi connectivity index (χ0v) is 12.6. The monoisotopic (exact) mass is 299 g/mol. The first-order valence-electron chi connectivity index (χ1n) is 7.15. The normalized spacial score (nSPS) is 14.5. The van der Waals surface area contributed by atoms with Crippen LogP contribution in [0.1, 0.15) is 23.8 Å². The van der Waals surface area contributed by atoms with Crippen molar-refractivity contribution in [1.82, 2.24) is 15.0 Å². The van der Waals surface area contributed by atoms with Crippen molar-refractivity contribution in [3.8, 4) is 5.75 Å². The minimum Gasteiger partial charge on any atom is -0.496 e. The Morgan fingerprint density at radius 1 is 1.18 bits per heavy atom. The van der Waals surface area contributed by atoms with Gasteiger partial charge in [0.15, 0.2) is 0 Å². The van der Waals surface area contributed by atoms with E-state index < -0.39 is 0 Å². The van der Waals surface area contributed by atoms with E-state index in [1.54, 1.807) is 13.2 Å². The number of aromatic nitrogens is 1. The maximum Gasteiger partial charge on any atom is 0.291 e. The molecule has 6 heteroatoms. The molecule has 0 radical (unpaired) electrons. The van der Waals surface area contributed by atoms with Crippen LogP contribution in [0.4, 0.5) is 0 Å². The average molecular weight is 299 g/mol. The van der Waals surface area contributed by atoms with Crippen molar-refractivity contribution in [3.05, 3.63) is 36.0 Å². The van der Waals surface area contributed by atoms with Gasteiger partial charge in [0.2, 0.25) is 5.91 Å². The third-order valence-electron chi connectivity index (χ3n) is 3.75. The fourth-order valence-electron chi connectivity index (χ4n) is 2.70. The number of benzene rings is 1. The first kappa shape index (κ1) is 14.3. The average Bonchev–Trinajstić information content (AvgIpc) is 3.02. The van der Waals surface area contributed by atoms with E-state index in [9.17, 15) is 9.59 Å². The Kier molecular flexibility index (Phi) is 3.66. The van der Waals surface area contributed by atoms with Gasteiger partial charge in [-0.25, -0.2) is 9.99 Å². The van der Waals surface area contributed by atoms with Gasteiger partial charge in [0, 0.05) is 31.5 Å². The summed E-state index contributed by atoms with van der Waals surface area (Å²) in [6.45, 7) is 2.54. The van der Waals surface area contributed by atoms with Crippen LogP contribution in [0.15, 0.2) is 30.3 Å². The highest BCUT2D eigenvalue weighted by molar-refractivity contribution is 5.97. The minimum atomic E-state index is -0.281. The van der Waals surface area contributed by atoms with Gasteiger partial charge >= 0.3 is 0 Å². The Labute approximate surface area is 128 Å². The molecule has 22 heavy (non-hydrogen) atoms. The van der Waals surface area contributed by atoms with E-state index in [0.29, 0.717) is 24.4 Å². The number of fused-ring (bicyclic) bond motifs is 1. The molecule has 0 saturated carbocycles. The fourth-order valence-corrected chi connectivity index (χ4v) is 2.70. The number of methoxy groups -OCH3 is 1. The largest absolute Gasteiger partial charge is 0.496 e. The number of para-hydroxylation sites is 1. The third-order valence-corrected chi connectivity index (χ3v) is 3.75. The van der Waals surface area contributed by atoms with E-state index in [0.717, 1.165) is 11.8 Å². The van der Waals surface area contributed by atoms with E-state index in [4.69, 9.17) is 4.74 Å². The molecule has 1 aromatic heterocycles. The lowest BCUT2D eigenvalue weighted by atomic mass is 10.1. The first-order valence-corrected chi connectivity index (χ1v) is 7.15. The second-order valence-corrected chi connectivity index (χ2v) is 5.15. The van der Waals surface area contributed by atoms with E-state index in [-0.39, 0.29) is 17.5 Å². The number of nitrogens with zero attached hydrogens (tertiary/aromatic N) is 3. The van der Waals surface area contributed by atoms with Crippen LogP contribution in [0.2, 0.25) is 0 Å². The zero-order chi connectivity index (χ0) is 15.7. The minimum absolute atomic E-state index is 0.140. The molecule has 114 valence electrons. The van der Waals surface area contributed by atoms with Crippen LogP contribution in [0.3, 0.4) is 0 Å². The van der Waals surface area contributed by atoms with Gasteiger partial charge in [-0.1, -0.05) is 12.1 Å². The molecule has 0 spiro atoms. The predicted molar refractivity (Wildman–Crippen MR) is 81.3 cm³/mol. The van der Waals surface area contributed by atoms with Crippen molar-refractivity contribution in [2.45, 2.75) is 13.3 Å². The summed E-state index contributed by atoms with van der Waals surface area (Å²) >= 11 is 0. The molecule has 2 heterocycles. The third kappa shape index (κ3) is 2.36. The number of hydrogen-bond acceptors (Lipinski definition) is 4. The summed E-state index contributed by atoms with van der Waals surface area (Å²) in [6.07, 6.45) is 0.774. The number of carbonyl (C=O) groups excluding carboxylic acids is 2. The van der Waals surface area contributed by atoms with Crippen molar-refractivity contribution >= 4 is 22.7 Å². The van der Waals surface area contributed by atoms with Gasteiger partial charge in [-0.05, 0) is 18.6 Å². The second kappa shape index (κ2) is 5.63. The number of hydrogen-bond donors (Lipinski definition) is 0. The zero-order valence-electron chi connectivity index (χ0n) is 12.6. The molecule has 1 fully saturated rings. The maximum atomic E-state index is 12.7. The molecule has 3 rings (SSSR count). The summed E-state index contributed by atoms with van der Waals surface area (Å²) in [6, 6.07) is 9.11. The predicted octanol–water partition coefficient (Wildman–Crippen LogP) is 1.85. The van der Waals surface area contributed by atoms with Gasteiger partial charge in [-0.3, -0.25) is 14.6 Å². The van der Waals surface area contributed by atoms with Crippen molar-refractivity contribution < 1.29 is 14.3 Å². The van der Waals surface area contributed by atoms with Gasteiger partial charge in [0.1, 0.15) is 11.4 Å². The number of pyridine rings is 1. The summed E-state index contributed by atoms with van der Waals surface area (Å²) in [5, 5.41) is 3.77. The maximum absolute atomic E-state index is 12.7. The summed E-state index contributed by atoms with van der Waals surface area (Å²) in [5.74, 6) is 0.179. The second-order valence-electron chi connectivity index (χ2n) is 5.15. The highest BCUT2D eigenvalue weighted by atomic mass is 16.5. The van der Waals surface area contributed by atoms with Gasteiger partial charge in [-0.2, -0.15) is 0 Å². The summed E-state index contributed by atoms with van der Waals surface area (Å²) in [5.41, 5.74) is 0.975. The Bertz CT molecular complexity index is 744. The lowest BCUT2D eigenvalue weighted by Crippen LogP contribution is -2.44. The Morgan fingerprint density at radius 3 is 2.64 bits per heavy atom. The first-order chi connectivity index (χ1) is 10.6. The molecular formula is C16H17N3O3. The molecule has 1 saturated heterocycles. The SMILES string of the molecule is COc1cc(C(=O)N2CCCN2C(C)=O)nc2ccccc12. The van der Waals surface area contributed by atoms with Crippen molar-refractivity contribution in [1.29, 1.82) is 0 Å². The highest BCUT2D eigenvalue weighted by Crippen LogP contribution is 2.26. The number of carbonyl (C=O) groups is 2. The molecule has 0 aliphatic carbocycles. The molecule has 0 N–H and O–H groups in total. The van der Waals surface area contributed by atoms with Gasteiger partial charge in [0.25, 0.3) is 5.91 Å². The van der Waals surface area contributed by atoms with Crippen LogP contribution in [0.25, 0.3) is 10.9 Å². The molecule has 2 aromatic rings. The van der Waals surface area contributed by atoms with Crippen LogP contribution in [0, 0.1) is 0 Å². The van der Waals surface area contributed by atoms with Gasteiger partial charge in [-0.15, -0.1) is 0 Å². The van der Waals surface area contributed by atoms with E-state index >= 15 is 0 Å². The topological polar surface area (TPSA) is 62.7 Å². The molecule has 0 unspecified atom stereocenters. The van der Waals surface area contributed by atoms with Gasteiger partial charge in [0.05, 0.1) is 12.6 Å². The molecule has 0 bridgehead atoms. The molecule has 1 aliphatic heterocycles. The van der Waals surface area contributed by atoms with Gasteiger partial charge < -0.3 is 4.74 Å². The number of hydrazine groups is 1. The quantitative estimate of drug-likeness (QED) is 0.849. The molecule has 0 atom stereocenters. The van der Waals surface area contributed by atoms with E-state index in [1.165, 1.54) is 16.9 Å². The molecule has 1 aliphatic rings. The molecule has 2 amide bonds. The van der Waals surface area contributed by atoms with Crippen LogP contribution in [0.5, 0.6) is 5.75 Å². The highest BCUT2D eigenvalue weighted by Gasteiger charge is 2.30. The van der Waals surface area contributed by atoms with Crippen molar-refractivity contribution in [2.75, 3.05) is 20.2 Å². The van der Waals surface area contributed by atoms with Crippen LogP contribution in [-0.2, 0) is 4.79 Å². The molecule has 6 nitrogen and oxygen atoms in total.